The zero-order chi connectivity index (χ0) is 44.9. The maximum atomic E-state index is 12.7. The van der Waals surface area contributed by atoms with E-state index in [1.54, 1.807) is 0 Å². The average molecular weight is 861 g/mol. The summed E-state index contributed by atoms with van der Waals surface area (Å²) in [5.74, 6) is -0.520. The number of esters is 2. The first-order valence-corrected chi connectivity index (χ1v) is 25.8. The van der Waals surface area contributed by atoms with Crippen molar-refractivity contribution in [3.8, 4) is 0 Å². The van der Waals surface area contributed by atoms with Crippen LogP contribution < -0.4 is 0 Å². The lowest BCUT2D eigenvalue weighted by molar-refractivity contribution is -0.162. The minimum atomic E-state index is -0.605. The van der Waals surface area contributed by atoms with Gasteiger partial charge in [0, 0.05) is 19.4 Å². The highest BCUT2D eigenvalue weighted by atomic mass is 16.6. The molecule has 0 aromatic carbocycles. The third kappa shape index (κ3) is 49.5. The van der Waals surface area contributed by atoms with Gasteiger partial charge in [0.2, 0.25) is 0 Å². The normalized spacial score (nSPS) is 13.0. The second-order valence-electron chi connectivity index (χ2n) is 16.7. The number of unbranched alkanes of at least 4 members (excludes halogenated alkanes) is 19. The summed E-state index contributed by atoms with van der Waals surface area (Å²) in [6.45, 7) is 7.39. The van der Waals surface area contributed by atoms with Gasteiger partial charge in [-0.2, -0.15) is 0 Å². The van der Waals surface area contributed by atoms with Gasteiger partial charge in [-0.15, -0.1) is 0 Å². The van der Waals surface area contributed by atoms with E-state index in [9.17, 15) is 9.59 Å². The molecule has 0 heterocycles. The number of allylic oxidation sites excluding steroid dienone is 16. The van der Waals surface area contributed by atoms with Gasteiger partial charge in [0.25, 0.3) is 0 Å². The highest BCUT2D eigenvalue weighted by molar-refractivity contribution is 5.70. The van der Waals surface area contributed by atoms with Crippen LogP contribution in [0.5, 0.6) is 0 Å². The number of hydrogen-bond donors (Lipinski definition) is 0. The predicted molar refractivity (Wildman–Crippen MR) is 270 cm³/mol. The quantitative estimate of drug-likeness (QED) is 0.0347. The van der Waals surface area contributed by atoms with Crippen LogP contribution in [0.1, 0.15) is 226 Å². The minimum Gasteiger partial charge on any atom is -0.462 e. The first-order valence-electron chi connectivity index (χ1n) is 25.8. The van der Waals surface area contributed by atoms with E-state index >= 15 is 0 Å². The molecule has 0 N–H and O–H groups in total. The van der Waals surface area contributed by atoms with Gasteiger partial charge < -0.3 is 14.2 Å². The van der Waals surface area contributed by atoms with E-state index in [0.29, 0.717) is 19.4 Å². The van der Waals surface area contributed by atoms with Crippen molar-refractivity contribution < 1.29 is 23.8 Å². The van der Waals surface area contributed by atoms with Crippen molar-refractivity contribution in [1.29, 1.82) is 0 Å². The van der Waals surface area contributed by atoms with Crippen molar-refractivity contribution in [3.63, 3.8) is 0 Å². The summed E-state index contributed by atoms with van der Waals surface area (Å²) in [5.41, 5.74) is 0. The Morgan fingerprint density at radius 3 is 1.16 bits per heavy atom. The maximum absolute atomic E-state index is 12.7. The van der Waals surface area contributed by atoms with Crippen LogP contribution >= 0.6 is 0 Å². The van der Waals surface area contributed by atoms with Crippen LogP contribution in [0.15, 0.2) is 97.2 Å². The molecular weight excluding hydrogens is 765 g/mol. The Morgan fingerprint density at radius 2 is 0.742 bits per heavy atom. The summed E-state index contributed by atoms with van der Waals surface area (Å²) in [7, 11) is 0. The molecule has 62 heavy (non-hydrogen) atoms. The van der Waals surface area contributed by atoms with E-state index in [1.165, 1.54) is 109 Å². The summed E-state index contributed by atoms with van der Waals surface area (Å²) in [6, 6.07) is 0. The molecule has 1 atom stereocenters. The fourth-order valence-corrected chi connectivity index (χ4v) is 6.88. The predicted octanol–water partition coefficient (Wildman–Crippen LogP) is 17.5. The summed E-state index contributed by atoms with van der Waals surface area (Å²) in [6.07, 6.45) is 70.2. The molecule has 0 bridgehead atoms. The van der Waals surface area contributed by atoms with Gasteiger partial charge >= 0.3 is 11.9 Å². The Balaban J connectivity index is 4.36. The van der Waals surface area contributed by atoms with Crippen LogP contribution in [0.4, 0.5) is 0 Å². The van der Waals surface area contributed by atoms with Gasteiger partial charge in [-0.25, -0.2) is 0 Å². The van der Waals surface area contributed by atoms with Gasteiger partial charge in [-0.05, 0) is 77.0 Å². The van der Waals surface area contributed by atoms with E-state index < -0.39 is 6.10 Å². The fourth-order valence-electron chi connectivity index (χ4n) is 6.88. The number of carbonyl (C=O) groups excluding carboxylic acids is 2. The van der Waals surface area contributed by atoms with Gasteiger partial charge in [0.1, 0.15) is 6.61 Å². The monoisotopic (exact) mass is 861 g/mol. The van der Waals surface area contributed by atoms with Crippen LogP contribution in [0.2, 0.25) is 0 Å². The Kier molecular flexibility index (Phi) is 49.5. The van der Waals surface area contributed by atoms with Crippen LogP contribution in [-0.4, -0.2) is 37.9 Å². The van der Waals surface area contributed by atoms with Crippen molar-refractivity contribution >= 4 is 11.9 Å². The molecule has 0 aromatic heterocycles. The second kappa shape index (κ2) is 52.2. The molecule has 0 spiro atoms. The van der Waals surface area contributed by atoms with Crippen LogP contribution in [0.25, 0.3) is 0 Å². The zero-order valence-corrected chi connectivity index (χ0v) is 40.6. The molecule has 0 rings (SSSR count). The maximum Gasteiger partial charge on any atom is 0.306 e. The van der Waals surface area contributed by atoms with Crippen molar-refractivity contribution in [1.82, 2.24) is 0 Å². The molecule has 0 fully saturated rings. The lowest BCUT2D eigenvalue weighted by Gasteiger charge is -2.18. The molecule has 354 valence electrons. The Labute approximate surface area is 383 Å². The average Bonchev–Trinajstić information content (AvgIpc) is 3.27. The fraction of sp³-hybridized carbons (Fsp3) is 0.684. The Bertz CT molecular complexity index is 1200. The van der Waals surface area contributed by atoms with E-state index in [2.05, 4.69) is 112 Å². The number of rotatable bonds is 46. The lowest BCUT2D eigenvalue weighted by atomic mass is 10.0. The number of ether oxygens (including phenoxy) is 3. The molecule has 5 heteroatoms. The minimum absolute atomic E-state index is 0.0323. The van der Waals surface area contributed by atoms with Gasteiger partial charge in [-0.1, -0.05) is 234 Å². The first-order chi connectivity index (χ1) is 30.6. The molecule has 0 saturated carbocycles. The smallest absolute Gasteiger partial charge is 0.306 e. The summed E-state index contributed by atoms with van der Waals surface area (Å²) >= 11 is 0. The van der Waals surface area contributed by atoms with Crippen molar-refractivity contribution in [2.24, 2.45) is 0 Å². The lowest BCUT2D eigenvalue weighted by Crippen LogP contribution is -2.30. The van der Waals surface area contributed by atoms with E-state index in [-0.39, 0.29) is 31.6 Å². The standard InChI is InChI=1S/C57H96O5/c1-4-7-10-13-16-19-22-25-27-28-29-30-31-33-35-38-41-44-47-50-56(58)61-54-55(53-60-52-49-46-43-40-37-34-26-23-20-17-14-11-8-5-2)62-57(59)51-48-45-42-39-36-32-24-21-18-15-12-9-6-3/h8-9,11-12,17-18,20-21,26,32,34,36,40,42-43,45,55H,4-7,10,13-16,19,22-25,27-31,33,35,37-39,41,44,46-54H2,1-3H3/b11-8-,12-9-,20-17-,21-18-,34-26-,36-32-,43-40-,45-42-. The Morgan fingerprint density at radius 1 is 0.371 bits per heavy atom. The second-order valence-corrected chi connectivity index (χ2v) is 16.7. The van der Waals surface area contributed by atoms with E-state index in [4.69, 9.17) is 14.2 Å². The topological polar surface area (TPSA) is 61.8 Å². The Hall–Kier alpha value is -3.18. The highest BCUT2D eigenvalue weighted by Gasteiger charge is 2.17. The van der Waals surface area contributed by atoms with Crippen LogP contribution in [0.3, 0.4) is 0 Å². The molecule has 0 amide bonds. The van der Waals surface area contributed by atoms with E-state index in [0.717, 1.165) is 77.0 Å². The van der Waals surface area contributed by atoms with Gasteiger partial charge in [-0.3, -0.25) is 9.59 Å². The largest absolute Gasteiger partial charge is 0.462 e. The van der Waals surface area contributed by atoms with E-state index in [1.807, 2.05) is 6.08 Å². The third-order valence-corrected chi connectivity index (χ3v) is 10.6. The molecule has 0 aliphatic carbocycles. The molecule has 0 aliphatic rings. The number of hydrogen-bond acceptors (Lipinski definition) is 5. The molecule has 0 saturated heterocycles. The van der Waals surface area contributed by atoms with Crippen LogP contribution in [-0.2, 0) is 23.8 Å². The van der Waals surface area contributed by atoms with Crippen molar-refractivity contribution in [3.05, 3.63) is 97.2 Å². The molecule has 0 aliphatic heterocycles. The highest BCUT2D eigenvalue weighted by Crippen LogP contribution is 2.15. The molecular formula is C57H96O5. The van der Waals surface area contributed by atoms with Gasteiger partial charge in [0.15, 0.2) is 6.10 Å². The molecule has 0 aromatic rings. The summed E-state index contributed by atoms with van der Waals surface area (Å²) in [5, 5.41) is 0. The van der Waals surface area contributed by atoms with Crippen molar-refractivity contribution in [2.45, 2.75) is 232 Å². The van der Waals surface area contributed by atoms with Crippen molar-refractivity contribution in [2.75, 3.05) is 19.8 Å². The zero-order valence-electron chi connectivity index (χ0n) is 40.6. The first kappa shape index (κ1) is 58.8. The summed E-state index contributed by atoms with van der Waals surface area (Å²) in [4.78, 5) is 25.3. The molecule has 5 nitrogen and oxygen atoms in total. The SMILES string of the molecule is CC/C=C\C/C=C\C/C=C\C/C=C\CCCOCC(COC(=O)CCCCCCCCCCCCCCCCCCCCC)OC(=O)CC/C=C\C/C=C\C/C=C\C/C=C\CC. The third-order valence-electron chi connectivity index (χ3n) is 10.6. The van der Waals surface area contributed by atoms with Crippen LogP contribution in [0, 0.1) is 0 Å². The molecule has 0 radical (unpaired) electrons. The number of carbonyl (C=O) groups is 2. The van der Waals surface area contributed by atoms with Gasteiger partial charge in [0.05, 0.1) is 6.61 Å². The molecule has 1 unspecified atom stereocenters. The summed E-state index contributed by atoms with van der Waals surface area (Å²) < 4.78 is 17.2.